The van der Waals surface area contributed by atoms with E-state index in [1.165, 1.54) is 22.5 Å². The van der Waals surface area contributed by atoms with Crippen LogP contribution in [0.15, 0.2) is 137 Å². The fourth-order valence-corrected chi connectivity index (χ4v) is 6.02. The molecular formula is C36H32N4. The summed E-state index contributed by atoms with van der Waals surface area (Å²) < 4.78 is 0. The number of hydrogen-bond acceptors (Lipinski definition) is 4. The van der Waals surface area contributed by atoms with Gasteiger partial charge < -0.3 is 10.2 Å². The summed E-state index contributed by atoms with van der Waals surface area (Å²) in [6, 6.07) is 36.6. The predicted octanol–water partition coefficient (Wildman–Crippen LogP) is 8.52. The van der Waals surface area contributed by atoms with Crippen LogP contribution in [0, 0.1) is 0 Å². The van der Waals surface area contributed by atoms with E-state index in [1.54, 1.807) is 0 Å². The average Bonchev–Trinajstić information content (AvgIpc) is 3.02. The Balaban J connectivity index is 1.27. The molecule has 2 aliphatic heterocycles. The molecule has 0 saturated heterocycles. The molecule has 40 heavy (non-hydrogen) atoms. The Morgan fingerprint density at radius 3 is 1.98 bits per heavy atom. The van der Waals surface area contributed by atoms with Crippen LogP contribution in [0.25, 0.3) is 0 Å². The summed E-state index contributed by atoms with van der Waals surface area (Å²) in [5.41, 5.74) is 9.41. The standard InChI is InChI=1S/C36H32N4/c1-36(2)29-17-9-11-19-31(29)40(32-20-12-10-18-30(32)36)28-23-21-27(22-24-28)35-38-33(25-13-5-3-6-14-25)37-34(39-35)26-15-7-4-8-16-26/h3,5-7,9-24,33H,4,8H2,1-2H3,(H,37,38,39). The first-order chi connectivity index (χ1) is 19.6. The third kappa shape index (κ3) is 4.17. The number of fused-ring (bicyclic) bond motifs is 2. The van der Waals surface area contributed by atoms with Gasteiger partial charge in [0.1, 0.15) is 11.7 Å². The molecule has 0 amide bonds. The molecule has 0 spiro atoms. The summed E-state index contributed by atoms with van der Waals surface area (Å²) in [6.07, 6.45) is 8.45. The quantitative estimate of drug-likeness (QED) is 0.293. The van der Waals surface area contributed by atoms with Gasteiger partial charge in [0.05, 0.1) is 11.4 Å². The Bertz CT molecular complexity index is 1640. The van der Waals surface area contributed by atoms with E-state index in [4.69, 9.17) is 9.98 Å². The number of benzene rings is 4. The van der Waals surface area contributed by atoms with Crippen LogP contribution in [-0.4, -0.2) is 11.7 Å². The van der Waals surface area contributed by atoms with Crippen molar-refractivity contribution in [1.82, 2.24) is 5.32 Å². The molecule has 0 bridgehead atoms. The van der Waals surface area contributed by atoms with Gasteiger partial charge in [-0.1, -0.05) is 98.8 Å². The third-order valence-corrected chi connectivity index (χ3v) is 8.14. The Hall–Kier alpha value is -4.70. The number of rotatable bonds is 4. The van der Waals surface area contributed by atoms with Gasteiger partial charge in [0, 0.05) is 22.2 Å². The molecule has 196 valence electrons. The van der Waals surface area contributed by atoms with Crippen molar-refractivity contribution in [3.63, 3.8) is 0 Å². The first-order valence-electron chi connectivity index (χ1n) is 14.0. The monoisotopic (exact) mass is 520 g/mol. The van der Waals surface area contributed by atoms with Gasteiger partial charge in [-0.3, -0.25) is 0 Å². The van der Waals surface area contributed by atoms with E-state index >= 15 is 0 Å². The molecule has 3 aliphatic rings. The van der Waals surface area contributed by atoms with Crippen molar-refractivity contribution >= 4 is 28.7 Å². The largest absolute Gasteiger partial charge is 0.324 e. The second kappa shape index (κ2) is 9.80. The predicted molar refractivity (Wildman–Crippen MR) is 166 cm³/mol. The van der Waals surface area contributed by atoms with Gasteiger partial charge in [-0.25, -0.2) is 9.98 Å². The van der Waals surface area contributed by atoms with Gasteiger partial charge in [0.25, 0.3) is 0 Å². The zero-order valence-electron chi connectivity index (χ0n) is 22.9. The van der Waals surface area contributed by atoms with E-state index in [9.17, 15) is 0 Å². The summed E-state index contributed by atoms with van der Waals surface area (Å²) in [5, 5.41) is 3.55. The normalized spacial score (nSPS) is 19.0. The summed E-state index contributed by atoms with van der Waals surface area (Å²) in [6.45, 7) is 4.63. The summed E-state index contributed by atoms with van der Waals surface area (Å²) in [7, 11) is 0. The molecule has 4 aromatic rings. The van der Waals surface area contributed by atoms with Crippen molar-refractivity contribution in [2.24, 2.45) is 9.98 Å². The number of amidine groups is 2. The lowest BCUT2D eigenvalue weighted by atomic mass is 9.73. The molecule has 7 rings (SSSR count). The smallest absolute Gasteiger partial charge is 0.169 e. The third-order valence-electron chi connectivity index (χ3n) is 8.14. The van der Waals surface area contributed by atoms with Gasteiger partial charge in [-0.05, 0) is 65.9 Å². The van der Waals surface area contributed by atoms with Crippen molar-refractivity contribution in [3.8, 4) is 0 Å². The molecule has 4 nitrogen and oxygen atoms in total. The van der Waals surface area contributed by atoms with E-state index in [1.807, 2.05) is 18.2 Å². The summed E-state index contributed by atoms with van der Waals surface area (Å²) in [5.74, 6) is 1.71. The van der Waals surface area contributed by atoms with E-state index in [2.05, 4.69) is 127 Å². The lowest BCUT2D eigenvalue weighted by Gasteiger charge is -2.42. The highest BCUT2D eigenvalue weighted by Gasteiger charge is 2.36. The molecule has 0 saturated carbocycles. The van der Waals surface area contributed by atoms with Crippen molar-refractivity contribution in [1.29, 1.82) is 0 Å². The van der Waals surface area contributed by atoms with Gasteiger partial charge in [0.2, 0.25) is 0 Å². The van der Waals surface area contributed by atoms with Crippen LogP contribution >= 0.6 is 0 Å². The minimum Gasteiger partial charge on any atom is -0.324 e. The number of aliphatic imine (C=N–C) groups is 2. The van der Waals surface area contributed by atoms with Crippen molar-refractivity contribution in [3.05, 3.63) is 149 Å². The molecule has 2 heterocycles. The van der Waals surface area contributed by atoms with E-state index in [-0.39, 0.29) is 11.6 Å². The SMILES string of the molecule is CC1(C)c2ccccc2N(c2ccc(C3=NC(c4ccccc4)N=C(C4=CCCC=C4)N3)cc2)c2ccccc21. The molecule has 0 aromatic heterocycles. The molecular weight excluding hydrogens is 488 g/mol. The number of hydrogen-bond donors (Lipinski definition) is 1. The maximum Gasteiger partial charge on any atom is 0.169 e. The zero-order chi connectivity index (χ0) is 27.1. The second-order valence-corrected chi connectivity index (χ2v) is 11.0. The number of anilines is 3. The van der Waals surface area contributed by atoms with Gasteiger partial charge in [-0.15, -0.1) is 0 Å². The fraction of sp³-hybridized carbons (Fsp3) is 0.167. The highest BCUT2D eigenvalue weighted by Crippen LogP contribution is 2.51. The molecule has 4 aromatic carbocycles. The first-order valence-corrected chi connectivity index (χ1v) is 14.0. The number of allylic oxidation sites excluding steroid dienone is 2. The van der Waals surface area contributed by atoms with Crippen molar-refractivity contribution < 1.29 is 0 Å². The van der Waals surface area contributed by atoms with E-state index in [0.29, 0.717) is 0 Å². The maximum atomic E-state index is 5.05. The molecule has 1 unspecified atom stereocenters. The molecule has 0 fully saturated rings. The van der Waals surface area contributed by atoms with E-state index < -0.39 is 0 Å². The maximum absolute atomic E-state index is 5.05. The minimum atomic E-state index is -0.286. The summed E-state index contributed by atoms with van der Waals surface area (Å²) in [4.78, 5) is 12.4. The van der Waals surface area contributed by atoms with Crippen LogP contribution < -0.4 is 10.2 Å². The molecule has 0 radical (unpaired) electrons. The Morgan fingerprint density at radius 2 is 1.32 bits per heavy atom. The van der Waals surface area contributed by atoms with E-state index in [0.717, 1.165) is 46.9 Å². The van der Waals surface area contributed by atoms with Crippen LogP contribution in [0.3, 0.4) is 0 Å². The van der Waals surface area contributed by atoms with Gasteiger partial charge in [0.15, 0.2) is 6.17 Å². The highest BCUT2D eigenvalue weighted by molar-refractivity contribution is 6.16. The molecule has 1 atom stereocenters. The van der Waals surface area contributed by atoms with Crippen LogP contribution in [0.1, 0.15) is 55.1 Å². The average molecular weight is 521 g/mol. The summed E-state index contributed by atoms with van der Waals surface area (Å²) >= 11 is 0. The Kier molecular flexibility index (Phi) is 5.96. The number of nitrogens with zero attached hydrogens (tertiary/aromatic N) is 3. The van der Waals surface area contributed by atoms with Crippen LogP contribution in [0.4, 0.5) is 17.1 Å². The lowest BCUT2D eigenvalue weighted by molar-refractivity contribution is 0.632. The van der Waals surface area contributed by atoms with Crippen LogP contribution in [0.5, 0.6) is 0 Å². The zero-order valence-corrected chi connectivity index (χ0v) is 22.9. The van der Waals surface area contributed by atoms with Gasteiger partial charge in [-0.2, -0.15) is 0 Å². The molecule has 1 aliphatic carbocycles. The highest BCUT2D eigenvalue weighted by atomic mass is 15.2. The van der Waals surface area contributed by atoms with Crippen molar-refractivity contribution in [2.75, 3.05) is 4.90 Å². The lowest BCUT2D eigenvalue weighted by Crippen LogP contribution is -2.36. The molecule has 4 heteroatoms. The minimum absolute atomic E-state index is 0.0746. The van der Waals surface area contributed by atoms with Crippen LogP contribution in [-0.2, 0) is 5.41 Å². The topological polar surface area (TPSA) is 40.0 Å². The van der Waals surface area contributed by atoms with Crippen LogP contribution in [0.2, 0.25) is 0 Å². The van der Waals surface area contributed by atoms with Crippen molar-refractivity contribution in [2.45, 2.75) is 38.3 Å². The molecule has 1 N–H and O–H groups in total. The Labute approximate surface area is 236 Å². The Morgan fingerprint density at radius 1 is 0.700 bits per heavy atom. The first kappa shape index (κ1) is 24.3. The van der Waals surface area contributed by atoms with Gasteiger partial charge >= 0.3 is 0 Å². The second-order valence-electron chi connectivity index (χ2n) is 11.0. The number of para-hydroxylation sites is 2. The number of nitrogens with one attached hydrogen (secondary N) is 1. The fourth-order valence-electron chi connectivity index (χ4n) is 6.02.